The zero-order valence-electron chi connectivity index (χ0n) is 7.45. The Kier molecular flexibility index (Phi) is 2.59. The fourth-order valence-electron chi connectivity index (χ4n) is 0.947. The number of thiophene rings is 1. The summed E-state index contributed by atoms with van der Waals surface area (Å²) in [7, 11) is 0. The molecule has 0 atom stereocenters. The van der Waals surface area contributed by atoms with E-state index in [0.717, 1.165) is 11.3 Å². The van der Waals surface area contributed by atoms with E-state index in [1.165, 1.54) is 12.3 Å². The van der Waals surface area contributed by atoms with E-state index in [1.807, 2.05) is 0 Å². The third-order valence-corrected chi connectivity index (χ3v) is 2.45. The van der Waals surface area contributed by atoms with Crippen molar-refractivity contribution in [2.45, 2.75) is 0 Å². The van der Waals surface area contributed by atoms with Crippen molar-refractivity contribution in [3.63, 3.8) is 0 Å². The van der Waals surface area contributed by atoms with E-state index in [9.17, 15) is 4.79 Å². The van der Waals surface area contributed by atoms with Crippen LogP contribution in [0.4, 0.5) is 0 Å². The highest BCUT2D eigenvalue weighted by Crippen LogP contribution is 2.25. The summed E-state index contributed by atoms with van der Waals surface area (Å²) < 4.78 is 5.28. The minimum Gasteiger partial charge on any atom is -0.477 e. The number of aromatic carboxylic acids is 1. The van der Waals surface area contributed by atoms with Gasteiger partial charge in [-0.25, -0.2) is 4.79 Å². The van der Waals surface area contributed by atoms with Gasteiger partial charge in [-0.05, 0) is 6.07 Å². The highest BCUT2D eigenvalue weighted by atomic mass is 32.1. The summed E-state index contributed by atoms with van der Waals surface area (Å²) in [5, 5.41) is 17.6. The van der Waals surface area contributed by atoms with Gasteiger partial charge < -0.3 is 9.84 Å². The maximum absolute atomic E-state index is 10.6. The molecule has 0 aliphatic rings. The highest BCUT2D eigenvalue weighted by Gasteiger charge is 2.08. The van der Waals surface area contributed by atoms with Gasteiger partial charge in [0, 0.05) is 23.7 Å². The molecule has 2 aromatic rings. The summed E-state index contributed by atoms with van der Waals surface area (Å²) >= 11 is 1.10. The first-order valence-electron chi connectivity index (χ1n) is 4.03. The van der Waals surface area contributed by atoms with Gasteiger partial charge in [-0.2, -0.15) is 5.10 Å². The highest BCUT2D eigenvalue weighted by molar-refractivity contribution is 7.12. The number of hydrogen-bond donors (Lipinski definition) is 1. The predicted octanol–water partition coefficient (Wildman–Crippen LogP) is 2.03. The number of aromatic nitrogens is 2. The lowest BCUT2D eigenvalue weighted by molar-refractivity contribution is 0.0702. The van der Waals surface area contributed by atoms with Crippen molar-refractivity contribution in [3.05, 3.63) is 34.7 Å². The number of carboxylic acids is 1. The Morgan fingerprint density at radius 1 is 1.53 bits per heavy atom. The smallest absolute Gasteiger partial charge is 0.346 e. The maximum atomic E-state index is 10.6. The van der Waals surface area contributed by atoms with E-state index in [1.54, 1.807) is 17.5 Å². The lowest BCUT2D eigenvalue weighted by atomic mass is 10.4. The Balaban J connectivity index is 2.15. The Morgan fingerprint density at radius 3 is 3.00 bits per heavy atom. The largest absolute Gasteiger partial charge is 0.477 e. The maximum Gasteiger partial charge on any atom is 0.346 e. The van der Waals surface area contributed by atoms with Gasteiger partial charge in [-0.3, -0.25) is 0 Å². The van der Waals surface area contributed by atoms with Crippen LogP contribution in [-0.4, -0.2) is 21.3 Å². The number of hydrogen-bond acceptors (Lipinski definition) is 5. The summed E-state index contributed by atoms with van der Waals surface area (Å²) in [5.41, 5.74) is 0. The van der Waals surface area contributed by atoms with Crippen LogP contribution in [0.3, 0.4) is 0 Å². The zero-order chi connectivity index (χ0) is 10.7. The van der Waals surface area contributed by atoms with E-state index in [4.69, 9.17) is 9.84 Å². The SMILES string of the molecule is O=C(O)c1cc(Oc2cccnn2)cs1. The van der Waals surface area contributed by atoms with Gasteiger partial charge in [0.2, 0.25) is 5.88 Å². The quantitative estimate of drug-likeness (QED) is 0.860. The molecule has 2 rings (SSSR count). The average molecular weight is 222 g/mol. The Bertz CT molecular complexity index is 469. The number of rotatable bonds is 3. The van der Waals surface area contributed by atoms with Gasteiger partial charge in [-0.1, -0.05) is 0 Å². The molecule has 2 heterocycles. The minimum absolute atomic E-state index is 0.230. The van der Waals surface area contributed by atoms with Crippen molar-refractivity contribution in [2.75, 3.05) is 0 Å². The summed E-state index contributed by atoms with van der Waals surface area (Å²) in [4.78, 5) is 10.8. The number of carbonyl (C=O) groups is 1. The zero-order valence-corrected chi connectivity index (χ0v) is 8.27. The fraction of sp³-hybridized carbons (Fsp3) is 0. The number of nitrogens with zero attached hydrogens (tertiary/aromatic N) is 2. The molecule has 0 radical (unpaired) electrons. The van der Waals surface area contributed by atoms with Crippen molar-refractivity contribution >= 4 is 17.3 Å². The van der Waals surface area contributed by atoms with Crippen LogP contribution in [0.5, 0.6) is 11.6 Å². The fourth-order valence-corrected chi connectivity index (χ4v) is 1.59. The van der Waals surface area contributed by atoms with Gasteiger partial charge in [0.05, 0.1) is 0 Å². The molecule has 0 aliphatic heterocycles. The Labute approximate surface area is 89.0 Å². The molecule has 2 aromatic heterocycles. The number of ether oxygens (including phenoxy) is 1. The molecule has 0 bridgehead atoms. The summed E-state index contributed by atoms with van der Waals surface area (Å²) in [6.07, 6.45) is 1.53. The van der Waals surface area contributed by atoms with Crippen molar-refractivity contribution < 1.29 is 14.6 Å². The van der Waals surface area contributed by atoms with Crippen LogP contribution in [0.15, 0.2) is 29.8 Å². The normalized spacial score (nSPS) is 9.87. The first-order chi connectivity index (χ1) is 7.25. The third-order valence-electron chi connectivity index (χ3n) is 1.56. The monoisotopic (exact) mass is 222 g/mol. The summed E-state index contributed by atoms with van der Waals surface area (Å²) in [5.74, 6) is -0.167. The van der Waals surface area contributed by atoms with Gasteiger partial charge in [0.1, 0.15) is 10.6 Å². The average Bonchev–Trinajstić information content (AvgIpc) is 2.68. The van der Waals surface area contributed by atoms with Crippen molar-refractivity contribution in [1.29, 1.82) is 0 Å². The molecule has 0 aliphatic carbocycles. The Hall–Kier alpha value is -1.95. The molecule has 76 valence electrons. The molecule has 15 heavy (non-hydrogen) atoms. The van der Waals surface area contributed by atoms with Gasteiger partial charge >= 0.3 is 5.97 Å². The first kappa shape index (κ1) is 9.60. The van der Waals surface area contributed by atoms with E-state index >= 15 is 0 Å². The molecule has 0 amide bonds. The molecule has 0 saturated carbocycles. The molecule has 0 spiro atoms. The van der Waals surface area contributed by atoms with Crippen LogP contribution in [-0.2, 0) is 0 Å². The Morgan fingerprint density at radius 2 is 2.40 bits per heavy atom. The number of carboxylic acid groups (broad SMARTS) is 1. The molecular formula is C9H6N2O3S. The molecule has 6 heteroatoms. The third kappa shape index (κ3) is 2.29. The molecule has 0 saturated heterocycles. The second kappa shape index (κ2) is 4.05. The first-order valence-corrected chi connectivity index (χ1v) is 4.91. The van der Waals surface area contributed by atoms with Crippen LogP contribution >= 0.6 is 11.3 Å². The molecule has 0 unspecified atom stereocenters. The van der Waals surface area contributed by atoms with Gasteiger partial charge in [0.25, 0.3) is 0 Å². The van der Waals surface area contributed by atoms with E-state index < -0.39 is 5.97 Å². The standard InChI is InChI=1S/C9H6N2O3S/c12-9(13)7-4-6(5-15-7)14-8-2-1-3-10-11-8/h1-5H,(H,12,13). The summed E-state index contributed by atoms with van der Waals surface area (Å²) in [6.45, 7) is 0. The van der Waals surface area contributed by atoms with Crippen molar-refractivity contribution in [3.8, 4) is 11.6 Å². The van der Waals surface area contributed by atoms with Crippen molar-refractivity contribution in [1.82, 2.24) is 10.2 Å². The van der Waals surface area contributed by atoms with Crippen LogP contribution in [0.2, 0.25) is 0 Å². The molecule has 5 nitrogen and oxygen atoms in total. The molecule has 1 N–H and O–H groups in total. The second-order valence-corrected chi connectivity index (χ2v) is 3.53. The lowest BCUT2D eigenvalue weighted by Gasteiger charge is -1.98. The van der Waals surface area contributed by atoms with Crippen LogP contribution in [0.1, 0.15) is 9.67 Å². The van der Waals surface area contributed by atoms with E-state index in [2.05, 4.69) is 10.2 Å². The second-order valence-electron chi connectivity index (χ2n) is 2.62. The van der Waals surface area contributed by atoms with E-state index in [0.29, 0.717) is 11.6 Å². The molecule has 0 aromatic carbocycles. The minimum atomic E-state index is -0.964. The van der Waals surface area contributed by atoms with Crippen LogP contribution in [0, 0.1) is 0 Å². The van der Waals surface area contributed by atoms with Gasteiger partial charge in [0.15, 0.2) is 0 Å². The van der Waals surface area contributed by atoms with Crippen LogP contribution in [0.25, 0.3) is 0 Å². The lowest BCUT2D eigenvalue weighted by Crippen LogP contribution is -1.91. The molecule has 0 fully saturated rings. The topological polar surface area (TPSA) is 72.3 Å². The van der Waals surface area contributed by atoms with Crippen molar-refractivity contribution in [2.24, 2.45) is 0 Å². The summed E-state index contributed by atoms with van der Waals surface area (Å²) in [6, 6.07) is 4.78. The van der Waals surface area contributed by atoms with E-state index in [-0.39, 0.29) is 4.88 Å². The van der Waals surface area contributed by atoms with Gasteiger partial charge in [-0.15, -0.1) is 16.4 Å². The molecular weight excluding hydrogens is 216 g/mol. The van der Waals surface area contributed by atoms with Crippen LogP contribution < -0.4 is 4.74 Å². The predicted molar refractivity (Wildman–Crippen MR) is 53.4 cm³/mol.